The van der Waals surface area contributed by atoms with Crippen LogP contribution in [0.3, 0.4) is 0 Å². The Morgan fingerprint density at radius 2 is 1.73 bits per heavy atom. The van der Waals surface area contributed by atoms with Crippen LogP contribution < -0.4 is 9.46 Å². The number of hydrogen-bond donors (Lipinski definition) is 1. The number of nitrogens with one attached hydrogen (secondary N) is 1. The molecule has 0 aromatic heterocycles. The zero-order valence-electron chi connectivity index (χ0n) is 11.0. The fourth-order valence-electron chi connectivity index (χ4n) is 1.67. The standard InChI is InChI=1S/C13H9BrCl3NO3S/c1-21-12-3-2-7(15)4-11(12)18-22(19,20)13-6-10(17)9(16)5-8(13)14/h2-6,18H,1H3. The molecule has 0 fully saturated rings. The van der Waals surface area contributed by atoms with E-state index in [1.165, 1.54) is 25.3 Å². The normalized spacial score (nSPS) is 11.3. The summed E-state index contributed by atoms with van der Waals surface area (Å²) in [7, 11) is -2.48. The molecule has 1 N–H and O–H groups in total. The quantitative estimate of drug-likeness (QED) is 0.657. The largest absolute Gasteiger partial charge is 0.495 e. The third-order valence-corrected chi connectivity index (χ3v) is 5.95. The topological polar surface area (TPSA) is 55.4 Å². The minimum Gasteiger partial charge on any atom is -0.495 e. The lowest BCUT2D eigenvalue weighted by Gasteiger charge is -2.13. The van der Waals surface area contributed by atoms with Crippen molar-refractivity contribution in [3.05, 3.63) is 49.9 Å². The van der Waals surface area contributed by atoms with E-state index in [0.29, 0.717) is 10.8 Å². The van der Waals surface area contributed by atoms with E-state index in [0.717, 1.165) is 0 Å². The molecule has 0 saturated heterocycles. The van der Waals surface area contributed by atoms with E-state index in [2.05, 4.69) is 20.7 Å². The van der Waals surface area contributed by atoms with Gasteiger partial charge in [0.25, 0.3) is 10.0 Å². The fourth-order valence-corrected chi connectivity index (χ4v) is 4.50. The molecular formula is C13H9BrCl3NO3S. The highest BCUT2D eigenvalue weighted by Crippen LogP contribution is 2.35. The summed E-state index contributed by atoms with van der Waals surface area (Å²) < 4.78 is 32.9. The molecule has 0 amide bonds. The Labute approximate surface area is 151 Å². The van der Waals surface area contributed by atoms with Gasteiger partial charge in [-0.25, -0.2) is 8.42 Å². The van der Waals surface area contributed by atoms with Crippen LogP contribution in [0.5, 0.6) is 5.75 Å². The first-order valence-electron chi connectivity index (χ1n) is 5.75. The lowest BCUT2D eigenvalue weighted by Crippen LogP contribution is -2.14. The van der Waals surface area contributed by atoms with Crippen molar-refractivity contribution in [3.8, 4) is 5.75 Å². The van der Waals surface area contributed by atoms with Crippen LogP contribution in [0.2, 0.25) is 15.1 Å². The van der Waals surface area contributed by atoms with Crippen LogP contribution in [0.15, 0.2) is 39.7 Å². The highest BCUT2D eigenvalue weighted by Gasteiger charge is 2.21. The van der Waals surface area contributed by atoms with E-state index in [-0.39, 0.29) is 25.1 Å². The van der Waals surface area contributed by atoms with Gasteiger partial charge in [-0.05, 0) is 46.3 Å². The molecule has 0 heterocycles. The van der Waals surface area contributed by atoms with Crippen molar-refractivity contribution in [1.29, 1.82) is 0 Å². The summed E-state index contributed by atoms with van der Waals surface area (Å²) in [6.07, 6.45) is 0. The van der Waals surface area contributed by atoms with Crippen molar-refractivity contribution < 1.29 is 13.2 Å². The fraction of sp³-hybridized carbons (Fsp3) is 0.0769. The average Bonchev–Trinajstić information content (AvgIpc) is 2.42. The molecule has 2 rings (SSSR count). The van der Waals surface area contributed by atoms with Crippen LogP contribution in [0.1, 0.15) is 0 Å². The number of halogens is 4. The van der Waals surface area contributed by atoms with Gasteiger partial charge in [0.05, 0.1) is 22.8 Å². The third kappa shape index (κ3) is 3.81. The highest BCUT2D eigenvalue weighted by molar-refractivity contribution is 9.10. The van der Waals surface area contributed by atoms with Crippen LogP contribution in [-0.4, -0.2) is 15.5 Å². The van der Waals surface area contributed by atoms with Crippen molar-refractivity contribution in [2.75, 3.05) is 11.8 Å². The van der Waals surface area contributed by atoms with E-state index < -0.39 is 10.0 Å². The maximum Gasteiger partial charge on any atom is 0.263 e. The van der Waals surface area contributed by atoms with E-state index in [1.807, 2.05) is 0 Å². The summed E-state index contributed by atoms with van der Waals surface area (Å²) in [5.41, 5.74) is 0.216. The molecule has 0 aliphatic rings. The Morgan fingerprint density at radius 1 is 1.09 bits per heavy atom. The van der Waals surface area contributed by atoms with E-state index in [9.17, 15) is 8.42 Å². The van der Waals surface area contributed by atoms with Gasteiger partial charge in [-0.2, -0.15) is 0 Å². The molecule has 0 spiro atoms. The number of hydrogen-bond acceptors (Lipinski definition) is 3. The Bertz CT molecular complexity index is 828. The monoisotopic (exact) mass is 443 g/mol. The predicted molar refractivity (Wildman–Crippen MR) is 93.0 cm³/mol. The Hall–Kier alpha value is -0.660. The Balaban J connectivity index is 2.49. The molecule has 9 heteroatoms. The van der Waals surface area contributed by atoms with Gasteiger partial charge in [0, 0.05) is 9.50 Å². The molecule has 0 bridgehead atoms. The molecule has 4 nitrogen and oxygen atoms in total. The van der Waals surface area contributed by atoms with Crippen molar-refractivity contribution in [3.63, 3.8) is 0 Å². The summed E-state index contributed by atoms with van der Waals surface area (Å²) in [6.45, 7) is 0. The highest BCUT2D eigenvalue weighted by atomic mass is 79.9. The Kier molecular flexibility index (Phi) is 5.50. The molecule has 118 valence electrons. The zero-order chi connectivity index (χ0) is 16.5. The average molecular weight is 446 g/mol. The SMILES string of the molecule is COc1ccc(Cl)cc1NS(=O)(=O)c1cc(Cl)c(Cl)cc1Br. The van der Waals surface area contributed by atoms with Gasteiger partial charge in [0.2, 0.25) is 0 Å². The summed E-state index contributed by atoms with van der Waals surface area (Å²) in [5.74, 6) is 0.337. The summed E-state index contributed by atoms with van der Waals surface area (Å²) in [5, 5.41) is 0.739. The molecule has 2 aromatic rings. The van der Waals surface area contributed by atoms with Crippen LogP contribution in [0.4, 0.5) is 5.69 Å². The second kappa shape index (κ2) is 6.84. The maximum atomic E-state index is 12.5. The first-order valence-corrected chi connectivity index (χ1v) is 9.16. The van der Waals surface area contributed by atoms with Crippen molar-refractivity contribution in [2.45, 2.75) is 4.90 Å². The van der Waals surface area contributed by atoms with E-state index in [1.54, 1.807) is 12.1 Å². The Morgan fingerprint density at radius 3 is 2.36 bits per heavy atom. The van der Waals surface area contributed by atoms with E-state index >= 15 is 0 Å². The van der Waals surface area contributed by atoms with Crippen molar-refractivity contribution in [1.82, 2.24) is 0 Å². The number of sulfonamides is 1. The minimum absolute atomic E-state index is 0.0519. The smallest absolute Gasteiger partial charge is 0.263 e. The lowest BCUT2D eigenvalue weighted by atomic mass is 10.3. The molecule has 0 radical (unpaired) electrons. The number of ether oxygens (including phenoxy) is 1. The molecule has 2 aromatic carbocycles. The van der Waals surface area contributed by atoms with Crippen LogP contribution in [0.25, 0.3) is 0 Å². The van der Waals surface area contributed by atoms with Gasteiger partial charge in [-0.15, -0.1) is 0 Å². The molecule has 0 saturated carbocycles. The predicted octanol–water partition coefficient (Wildman–Crippen LogP) is 5.22. The molecular weight excluding hydrogens is 436 g/mol. The number of benzene rings is 2. The van der Waals surface area contributed by atoms with Crippen molar-refractivity contribution >= 4 is 66.4 Å². The summed E-state index contributed by atoms with van der Waals surface area (Å²) in [4.78, 5) is -0.0519. The first kappa shape index (κ1) is 17.7. The van der Waals surface area contributed by atoms with Crippen LogP contribution >= 0.6 is 50.7 Å². The van der Waals surface area contributed by atoms with Gasteiger partial charge in [0.15, 0.2) is 0 Å². The lowest BCUT2D eigenvalue weighted by molar-refractivity contribution is 0.417. The molecule has 22 heavy (non-hydrogen) atoms. The zero-order valence-corrected chi connectivity index (χ0v) is 15.7. The van der Waals surface area contributed by atoms with Crippen molar-refractivity contribution in [2.24, 2.45) is 0 Å². The van der Waals surface area contributed by atoms with Crippen LogP contribution in [0, 0.1) is 0 Å². The molecule has 0 unspecified atom stereocenters. The van der Waals surface area contributed by atoms with Gasteiger partial charge in [0.1, 0.15) is 10.6 Å². The summed E-state index contributed by atoms with van der Waals surface area (Å²) in [6, 6.07) is 7.27. The number of anilines is 1. The number of methoxy groups -OCH3 is 1. The van der Waals surface area contributed by atoms with Gasteiger partial charge in [-0.1, -0.05) is 34.8 Å². The van der Waals surface area contributed by atoms with Gasteiger partial charge < -0.3 is 4.74 Å². The second-order valence-corrected chi connectivity index (χ2v) is 7.90. The number of rotatable bonds is 4. The van der Waals surface area contributed by atoms with E-state index in [4.69, 9.17) is 39.5 Å². The molecule has 0 aliphatic carbocycles. The summed E-state index contributed by atoms with van der Waals surface area (Å²) >= 11 is 20.8. The van der Waals surface area contributed by atoms with Gasteiger partial charge in [-0.3, -0.25) is 4.72 Å². The minimum atomic E-state index is -3.91. The van der Waals surface area contributed by atoms with Crippen LogP contribution in [-0.2, 0) is 10.0 Å². The first-order chi connectivity index (χ1) is 10.2. The third-order valence-electron chi connectivity index (χ3n) is 2.67. The van der Waals surface area contributed by atoms with Gasteiger partial charge >= 0.3 is 0 Å². The second-order valence-electron chi connectivity index (χ2n) is 4.15. The molecule has 0 atom stereocenters. The maximum absolute atomic E-state index is 12.5. The molecule has 0 aliphatic heterocycles.